The van der Waals surface area contributed by atoms with Gasteiger partial charge in [-0.05, 0) is 42.2 Å². The van der Waals surface area contributed by atoms with E-state index in [-0.39, 0.29) is 0 Å². The summed E-state index contributed by atoms with van der Waals surface area (Å²) in [6.45, 7) is 3.64. The van der Waals surface area contributed by atoms with Crippen LogP contribution in [0.2, 0.25) is 0 Å². The van der Waals surface area contributed by atoms with E-state index in [1.807, 2.05) is 6.07 Å². The first-order chi connectivity index (χ1) is 7.31. The van der Waals surface area contributed by atoms with Gasteiger partial charge in [0.25, 0.3) is 0 Å². The van der Waals surface area contributed by atoms with Crippen molar-refractivity contribution in [1.29, 1.82) is 0 Å². The number of rotatable bonds is 2. The highest BCUT2D eigenvalue weighted by Gasteiger charge is 2.07. The Morgan fingerprint density at radius 1 is 1.33 bits per heavy atom. The van der Waals surface area contributed by atoms with Crippen molar-refractivity contribution in [1.82, 2.24) is 0 Å². The molecule has 0 radical (unpaired) electrons. The zero-order valence-corrected chi connectivity index (χ0v) is 9.25. The van der Waals surface area contributed by atoms with Crippen LogP contribution in [0.3, 0.4) is 0 Å². The quantitative estimate of drug-likeness (QED) is 0.737. The standard InChI is InChI=1S/C13H16O2/c1-10-9-12(3-4-13(10)14-2)11-5-7-15-8-6-11/h3-5,9H,6-8H2,1-2H3. The van der Waals surface area contributed by atoms with Crippen LogP contribution in [0, 0.1) is 6.92 Å². The number of hydrogen-bond donors (Lipinski definition) is 0. The Kier molecular flexibility index (Phi) is 3.07. The average Bonchev–Trinajstić information content (AvgIpc) is 2.30. The van der Waals surface area contributed by atoms with Crippen molar-refractivity contribution in [2.24, 2.45) is 0 Å². The zero-order chi connectivity index (χ0) is 10.7. The molecular weight excluding hydrogens is 188 g/mol. The molecule has 0 N–H and O–H groups in total. The molecule has 1 aromatic rings. The van der Waals surface area contributed by atoms with Crippen molar-refractivity contribution in [2.75, 3.05) is 20.3 Å². The lowest BCUT2D eigenvalue weighted by Gasteiger charge is -2.15. The fourth-order valence-electron chi connectivity index (χ4n) is 1.87. The summed E-state index contributed by atoms with van der Waals surface area (Å²) in [4.78, 5) is 0. The maximum Gasteiger partial charge on any atom is 0.121 e. The molecule has 1 aliphatic heterocycles. The smallest absolute Gasteiger partial charge is 0.121 e. The fourth-order valence-corrected chi connectivity index (χ4v) is 1.87. The number of hydrogen-bond acceptors (Lipinski definition) is 2. The summed E-state index contributed by atoms with van der Waals surface area (Å²) in [6.07, 6.45) is 3.16. The van der Waals surface area contributed by atoms with Gasteiger partial charge in [-0.1, -0.05) is 12.1 Å². The van der Waals surface area contributed by atoms with E-state index in [9.17, 15) is 0 Å². The van der Waals surface area contributed by atoms with Gasteiger partial charge >= 0.3 is 0 Å². The third-order valence-corrected chi connectivity index (χ3v) is 2.73. The molecule has 0 aliphatic carbocycles. The molecule has 1 heterocycles. The van der Waals surface area contributed by atoms with Crippen LogP contribution in [0.5, 0.6) is 5.75 Å². The van der Waals surface area contributed by atoms with Crippen LogP contribution in [0.1, 0.15) is 17.5 Å². The molecule has 0 amide bonds. The number of ether oxygens (including phenoxy) is 2. The number of methoxy groups -OCH3 is 1. The van der Waals surface area contributed by atoms with E-state index in [2.05, 4.69) is 25.1 Å². The third kappa shape index (κ3) is 2.21. The minimum atomic E-state index is 0.737. The second-order valence-corrected chi connectivity index (χ2v) is 3.74. The van der Waals surface area contributed by atoms with Crippen molar-refractivity contribution in [3.05, 3.63) is 35.4 Å². The van der Waals surface area contributed by atoms with Crippen molar-refractivity contribution < 1.29 is 9.47 Å². The van der Waals surface area contributed by atoms with Gasteiger partial charge < -0.3 is 9.47 Å². The minimum absolute atomic E-state index is 0.737. The van der Waals surface area contributed by atoms with Crippen LogP contribution < -0.4 is 4.74 Å². The summed E-state index contributed by atoms with van der Waals surface area (Å²) in [5.41, 5.74) is 3.85. The molecule has 1 aliphatic rings. The van der Waals surface area contributed by atoms with E-state index in [0.29, 0.717) is 0 Å². The van der Waals surface area contributed by atoms with Gasteiger partial charge in [0, 0.05) is 0 Å². The molecule has 2 nitrogen and oxygen atoms in total. The van der Waals surface area contributed by atoms with E-state index in [4.69, 9.17) is 9.47 Å². The molecule has 0 bridgehead atoms. The molecule has 80 valence electrons. The summed E-state index contributed by atoms with van der Waals surface area (Å²) in [6, 6.07) is 6.32. The van der Waals surface area contributed by atoms with Crippen molar-refractivity contribution >= 4 is 5.57 Å². The van der Waals surface area contributed by atoms with Crippen molar-refractivity contribution in [3.63, 3.8) is 0 Å². The van der Waals surface area contributed by atoms with Gasteiger partial charge in [0.1, 0.15) is 5.75 Å². The normalized spacial score (nSPS) is 16.0. The van der Waals surface area contributed by atoms with Gasteiger partial charge in [0.15, 0.2) is 0 Å². The van der Waals surface area contributed by atoms with Crippen LogP contribution in [0.15, 0.2) is 24.3 Å². The first-order valence-electron chi connectivity index (χ1n) is 5.23. The SMILES string of the molecule is COc1ccc(C2=CCOCC2)cc1C. The lowest BCUT2D eigenvalue weighted by Crippen LogP contribution is -2.03. The molecule has 0 atom stereocenters. The number of benzene rings is 1. The average molecular weight is 204 g/mol. The van der Waals surface area contributed by atoms with Crippen LogP contribution in [0.4, 0.5) is 0 Å². The second-order valence-electron chi connectivity index (χ2n) is 3.74. The van der Waals surface area contributed by atoms with Crippen LogP contribution in [-0.4, -0.2) is 20.3 Å². The van der Waals surface area contributed by atoms with Gasteiger partial charge in [-0.25, -0.2) is 0 Å². The van der Waals surface area contributed by atoms with Gasteiger partial charge in [-0.15, -0.1) is 0 Å². The Morgan fingerprint density at radius 3 is 2.80 bits per heavy atom. The Hall–Kier alpha value is -1.28. The lowest BCUT2D eigenvalue weighted by atomic mass is 9.99. The molecular formula is C13H16O2. The Labute approximate surface area is 90.5 Å². The highest BCUT2D eigenvalue weighted by Crippen LogP contribution is 2.26. The number of aryl methyl sites for hydroxylation is 1. The molecule has 0 saturated heterocycles. The predicted molar refractivity (Wildman–Crippen MR) is 61.1 cm³/mol. The molecule has 0 spiro atoms. The first kappa shape index (κ1) is 10.2. The lowest BCUT2D eigenvalue weighted by molar-refractivity contribution is 0.161. The molecule has 0 unspecified atom stereocenters. The first-order valence-corrected chi connectivity index (χ1v) is 5.23. The molecule has 0 saturated carbocycles. The molecule has 2 heteroatoms. The van der Waals surface area contributed by atoms with Crippen molar-refractivity contribution in [2.45, 2.75) is 13.3 Å². The summed E-state index contributed by atoms with van der Waals surface area (Å²) in [5.74, 6) is 0.950. The molecule has 0 aromatic heterocycles. The summed E-state index contributed by atoms with van der Waals surface area (Å²) >= 11 is 0. The molecule has 2 rings (SSSR count). The maximum absolute atomic E-state index is 5.30. The van der Waals surface area contributed by atoms with E-state index in [0.717, 1.165) is 25.4 Å². The van der Waals surface area contributed by atoms with E-state index in [1.165, 1.54) is 16.7 Å². The van der Waals surface area contributed by atoms with Gasteiger partial charge in [-0.2, -0.15) is 0 Å². The van der Waals surface area contributed by atoms with E-state index in [1.54, 1.807) is 7.11 Å². The monoisotopic (exact) mass is 204 g/mol. The molecule has 0 fully saturated rings. The molecule has 1 aromatic carbocycles. The Bertz CT molecular complexity index is 380. The predicted octanol–water partition coefficient (Wildman–Crippen LogP) is 2.81. The highest BCUT2D eigenvalue weighted by molar-refractivity contribution is 5.67. The highest BCUT2D eigenvalue weighted by atomic mass is 16.5. The van der Waals surface area contributed by atoms with E-state index < -0.39 is 0 Å². The third-order valence-electron chi connectivity index (χ3n) is 2.73. The summed E-state index contributed by atoms with van der Waals surface area (Å²) < 4.78 is 10.5. The minimum Gasteiger partial charge on any atom is -0.496 e. The summed E-state index contributed by atoms with van der Waals surface area (Å²) in [5, 5.41) is 0. The van der Waals surface area contributed by atoms with Crippen LogP contribution in [-0.2, 0) is 4.74 Å². The van der Waals surface area contributed by atoms with Gasteiger partial charge in [-0.3, -0.25) is 0 Å². The van der Waals surface area contributed by atoms with Crippen molar-refractivity contribution in [3.8, 4) is 5.75 Å². The summed E-state index contributed by atoms with van der Waals surface area (Å²) in [7, 11) is 1.70. The van der Waals surface area contributed by atoms with Gasteiger partial charge in [0.2, 0.25) is 0 Å². The second kappa shape index (κ2) is 4.49. The topological polar surface area (TPSA) is 18.5 Å². The Balaban J connectivity index is 2.29. The van der Waals surface area contributed by atoms with Crippen LogP contribution >= 0.6 is 0 Å². The largest absolute Gasteiger partial charge is 0.496 e. The van der Waals surface area contributed by atoms with Gasteiger partial charge in [0.05, 0.1) is 20.3 Å². The maximum atomic E-state index is 5.30. The van der Waals surface area contributed by atoms with E-state index >= 15 is 0 Å². The Morgan fingerprint density at radius 2 is 2.20 bits per heavy atom. The van der Waals surface area contributed by atoms with Crippen LogP contribution in [0.25, 0.3) is 5.57 Å². The molecule has 15 heavy (non-hydrogen) atoms. The zero-order valence-electron chi connectivity index (χ0n) is 9.25. The fraction of sp³-hybridized carbons (Fsp3) is 0.385.